The van der Waals surface area contributed by atoms with Gasteiger partial charge >= 0.3 is 0 Å². The van der Waals surface area contributed by atoms with Crippen LogP contribution in [0.5, 0.6) is 0 Å². The van der Waals surface area contributed by atoms with Gasteiger partial charge in [-0.15, -0.1) is 0 Å². The zero-order chi connectivity index (χ0) is 15.8. The van der Waals surface area contributed by atoms with Gasteiger partial charge in [-0.2, -0.15) is 5.10 Å². The number of rotatable bonds is 4. The highest BCUT2D eigenvalue weighted by Crippen LogP contribution is 2.20. The number of aryl methyl sites for hydroxylation is 1. The maximum absolute atomic E-state index is 4.64. The zero-order valence-electron chi connectivity index (χ0n) is 13.3. The third-order valence-electron chi connectivity index (χ3n) is 4.32. The maximum Gasteiger partial charge on any atom is 0.155 e. The van der Waals surface area contributed by atoms with Crippen molar-refractivity contribution in [1.82, 2.24) is 24.0 Å². The van der Waals surface area contributed by atoms with E-state index in [1.807, 2.05) is 27.4 Å². The van der Waals surface area contributed by atoms with E-state index in [4.69, 9.17) is 0 Å². The van der Waals surface area contributed by atoms with Crippen LogP contribution in [0.15, 0.2) is 49.1 Å². The van der Waals surface area contributed by atoms with E-state index in [0.717, 1.165) is 30.0 Å². The summed E-state index contributed by atoms with van der Waals surface area (Å²) in [5.74, 6) is 1.23. The van der Waals surface area contributed by atoms with Crippen molar-refractivity contribution in [3.63, 3.8) is 0 Å². The van der Waals surface area contributed by atoms with Gasteiger partial charge in [0.25, 0.3) is 0 Å². The van der Waals surface area contributed by atoms with Crippen molar-refractivity contribution >= 4 is 11.3 Å². The smallest absolute Gasteiger partial charge is 0.155 e. The van der Waals surface area contributed by atoms with Crippen LogP contribution in [0, 0.1) is 0 Å². The highest BCUT2D eigenvalue weighted by atomic mass is 15.3. The van der Waals surface area contributed by atoms with Gasteiger partial charge in [0, 0.05) is 31.2 Å². The van der Waals surface area contributed by atoms with Crippen molar-refractivity contribution in [2.45, 2.75) is 32.6 Å². The molecule has 4 heterocycles. The van der Waals surface area contributed by atoms with Crippen molar-refractivity contribution in [3.05, 3.63) is 66.0 Å². The average molecular weight is 305 g/mol. The third-order valence-corrected chi connectivity index (χ3v) is 4.32. The van der Waals surface area contributed by atoms with Gasteiger partial charge in [-0.3, -0.25) is 0 Å². The highest BCUT2D eigenvalue weighted by Gasteiger charge is 2.12. The quantitative estimate of drug-likeness (QED) is 0.581. The summed E-state index contributed by atoms with van der Waals surface area (Å²) >= 11 is 0. The first kappa shape index (κ1) is 13.9. The normalized spacial score (nSPS) is 13.0. The Morgan fingerprint density at radius 3 is 2.91 bits per heavy atom. The number of nitrogens with zero attached hydrogens (tertiary/aromatic N) is 5. The summed E-state index contributed by atoms with van der Waals surface area (Å²) in [6, 6.07) is 8.43. The fourth-order valence-electron chi connectivity index (χ4n) is 2.89. The standard InChI is InChI=1S/C18H19N5/c1-3-14-4-5-17-20-16(21-23(17)12-14)10-13(2)15-6-8-22-9-7-19-18(22)11-15/h4-9,11-13H,3,10H2,1-2H3. The van der Waals surface area contributed by atoms with Crippen molar-refractivity contribution in [2.24, 2.45) is 0 Å². The molecule has 1 unspecified atom stereocenters. The first-order valence-electron chi connectivity index (χ1n) is 7.99. The van der Waals surface area contributed by atoms with Crippen LogP contribution in [0.1, 0.15) is 36.7 Å². The minimum absolute atomic E-state index is 0.347. The Kier molecular flexibility index (Phi) is 3.33. The number of pyridine rings is 2. The predicted molar refractivity (Wildman–Crippen MR) is 89.7 cm³/mol. The van der Waals surface area contributed by atoms with Crippen LogP contribution < -0.4 is 0 Å². The topological polar surface area (TPSA) is 47.5 Å². The predicted octanol–water partition coefficient (Wildman–Crippen LogP) is 3.29. The molecule has 0 fully saturated rings. The van der Waals surface area contributed by atoms with Crippen LogP contribution in [0.3, 0.4) is 0 Å². The minimum atomic E-state index is 0.347. The number of imidazole rings is 1. The van der Waals surface area contributed by atoms with Gasteiger partial charge in [0.05, 0.1) is 0 Å². The van der Waals surface area contributed by atoms with Crippen molar-refractivity contribution in [3.8, 4) is 0 Å². The lowest BCUT2D eigenvalue weighted by molar-refractivity contribution is 0.713. The monoisotopic (exact) mass is 305 g/mol. The summed E-state index contributed by atoms with van der Waals surface area (Å²) in [4.78, 5) is 8.99. The second-order valence-corrected chi connectivity index (χ2v) is 5.98. The molecular formula is C18H19N5. The molecule has 0 saturated heterocycles. The molecule has 4 aromatic rings. The Morgan fingerprint density at radius 2 is 2.04 bits per heavy atom. The summed E-state index contributed by atoms with van der Waals surface area (Å²) in [6.07, 6.45) is 9.72. The lowest BCUT2D eigenvalue weighted by Crippen LogP contribution is -2.01. The molecule has 5 nitrogen and oxygen atoms in total. The van der Waals surface area contributed by atoms with E-state index in [2.05, 4.69) is 59.5 Å². The van der Waals surface area contributed by atoms with E-state index < -0.39 is 0 Å². The summed E-state index contributed by atoms with van der Waals surface area (Å²) in [5.41, 5.74) is 4.42. The van der Waals surface area contributed by atoms with Gasteiger partial charge in [-0.25, -0.2) is 14.5 Å². The largest absolute Gasteiger partial charge is 0.307 e. The zero-order valence-corrected chi connectivity index (χ0v) is 13.3. The average Bonchev–Trinajstić information content (AvgIpc) is 3.18. The Morgan fingerprint density at radius 1 is 1.13 bits per heavy atom. The van der Waals surface area contributed by atoms with Gasteiger partial charge in [0.1, 0.15) is 5.65 Å². The van der Waals surface area contributed by atoms with Crippen LogP contribution in [-0.2, 0) is 12.8 Å². The fraction of sp³-hybridized carbons (Fsp3) is 0.278. The molecule has 4 aromatic heterocycles. The summed E-state index contributed by atoms with van der Waals surface area (Å²) in [6.45, 7) is 4.35. The van der Waals surface area contributed by atoms with Gasteiger partial charge in [0.15, 0.2) is 11.5 Å². The van der Waals surface area contributed by atoms with Crippen LogP contribution in [-0.4, -0.2) is 24.0 Å². The maximum atomic E-state index is 4.64. The molecule has 0 amide bonds. The lowest BCUT2D eigenvalue weighted by Gasteiger charge is -2.09. The molecule has 5 heteroatoms. The van der Waals surface area contributed by atoms with Crippen molar-refractivity contribution in [1.29, 1.82) is 0 Å². The van der Waals surface area contributed by atoms with Crippen molar-refractivity contribution < 1.29 is 0 Å². The van der Waals surface area contributed by atoms with Gasteiger partial charge in [0.2, 0.25) is 0 Å². The van der Waals surface area contributed by atoms with Gasteiger partial charge < -0.3 is 4.40 Å². The Labute approximate surface area is 134 Å². The number of fused-ring (bicyclic) bond motifs is 2. The molecule has 0 spiro atoms. The van der Waals surface area contributed by atoms with Crippen LogP contribution in [0.25, 0.3) is 11.3 Å². The second-order valence-electron chi connectivity index (χ2n) is 5.98. The summed E-state index contributed by atoms with van der Waals surface area (Å²) < 4.78 is 3.91. The second kappa shape index (κ2) is 5.50. The lowest BCUT2D eigenvalue weighted by atomic mass is 9.98. The van der Waals surface area contributed by atoms with E-state index in [1.54, 1.807) is 0 Å². The molecule has 23 heavy (non-hydrogen) atoms. The van der Waals surface area contributed by atoms with E-state index in [-0.39, 0.29) is 0 Å². The molecule has 0 radical (unpaired) electrons. The molecule has 0 aliphatic rings. The van der Waals surface area contributed by atoms with Crippen LogP contribution in [0.4, 0.5) is 0 Å². The Balaban J connectivity index is 1.61. The first-order chi connectivity index (χ1) is 11.2. The Bertz CT molecular complexity index is 966. The molecule has 1 atom stereocenters. The molecule has 0 N–H and O–H groups in total. The number of hydrogen-bond donors (Lipinski definition) is 0. The first-order valence-corrected chi connectivity index (χ1v) is 7.99. The van der Waals surface area contributed by atoms with Gasteiger partial charge in [-0.1, -0.05) is 19.9 Å². The van der Waals surface area contributed by atoms with E-state index in [1.165, 1.54) is 11.1 Å². The number of hydrogen-bond acceptors (Lipinski definition) is 3. The van der Waals surface area contributed by atoms with E-state index in [9.17, 15) is 0 Å². The fourth-order valence-corrected chi connectivity index (χ4v) is 2.89. The molecule has 0 aromatic carbocycles. The summed E-state index contributed by atoms with van der Waals surface area (Å²) in [5, 5.41) is 4.62. The molecular weight excluding hydrogens is 286 g/mol. The minimum Gasteiger partial charge on any atom is -0.307 e. The molecule has 0 bridgehead atoms. The molecule has 0 saturated carbocycles. The number of aromatic nitrogens is 5. The molecule has 4 rings (SSSR count). The van der Waals surface area contributed by atoms with Crippen LogP contribution >= 0.6 is 0 Å². The van der Waals surface area contributed by atoms with Gasteiger partial charge in [-0.05, 0) is 41.7 Å². The Hall–Kier alpha value is -2.69. The van der Waals surface area contributed by atoms with Crippen LogP contribution in [0.2, 0.25) is 0 Å². The SMILES string of the molecule is CCc1ccc2nc(CC(C)c3ccn4ccnc4c3)nn2c1. The van der Waals surface area contributed by atoms with E-state index >= 15 is 0 Å². The summed E-state index contributed by atoms with van der Waals surface area (Å²) in [7, 11) is 0. The molecule has 116 valence electrons. The third kappa shape index (κ3) is 2.59. The molecule has 0 aliphatic carbocycles. The highest BCUT2D eigenvalue weighted by molar-refractivity contribution is 5.43. The van der Waals surface area contributed by atoms with E-state index in [0.29, 0.717) is 5.92 Å². The molecule has 0 aliphatic heterocycles. The van der Waals surface area contributed by atoms with Crippen molar-refractivity contribution in [2.75, 3.05) is 0 Å².